The minimum absolute atomic E-state index is 0.0252. The minimum atomic E-state index is -0.661. The Morgan fingerprint density at radius 2 is 2.00 bits per heavy atom. The summed E-state index contributed by atoms with van der Waals surface area (Å²) in [6, 6.07) is 9.78. The number of hydrogen-bond donors (Lipinski definition) is 0. The molecule has 2 nitrogen and oxygen atoms in total. The van der Waals surface area contributed by atoms with Crippen molar-refractivity contribution >= 4 is 0 Å². The van der Waals surface area contributed by atoms with E-state index < -0.39 is 11.7 Å². The molecule has 0 N–H and O–H groups in total. The van der Waals surface area contributed by atoms with Crippen LogP contribution in [-0.2, 0) is 0 Å². The van der Waals surface area contributed by atoms with Gasteiger partial charge >= 0.3 is 0 Å². The van der Waals surface area contributed by atoms with E-state index in [0.29, 0.717) is 5.56 Å². The van der Waals surface area contributed by atoms with Gasteiger partial charge in [-0.3, -0.25) is 0 Å². The first-order valence-corrected chi connectivity index (χ1v) is 3.80. The third kappa shape index (κ3) is 2.04. The van der Waals surface area contributed by atoms with Crippen LogP contribution in [0.2, 0.25) is 0 Å². The molecule has 1 aromatic rings. The van der Waals surface area contributed by atoms with Crippen molar-refractivity contribution in [3.8, 4) is 12.1 Å². The van der Waals surface area contributed by atoms with Crippen LogP contribution in [0.4, 0.5) is 4.39 Å². The first-order valence-electron chi connectivity index (χ1n) is 3.80. The van der Waals surface area contributed by atoms with Crippen molar-refractivity contribution in [2.24, 2.45) is 0 Å². The number of hydrogen-bond acceptors (Lipinski definition) is 2. The monoisotopic (exact) mass is 174 g/mol. The maximum absolute atomic E-state index is 13.1. The van der Waals surface area contributed by atoms with Crippen molar-refractivity contribution in [1.82, 2.24) is 0 Å². The van der Waals surface area contributed by atoms with Crippen LogP contribution in [0.5, 0.6) is 0 Å². The Morgan fingerprint density at radius 3 is 2.54 bits per heavy atom. The maximum Gasteiger partial charge on any atom is 0.127 e. The van der Waals surface area contributed by atoms with E-state index in [1.54, 1.807) is 12.1 Å². The Labute approximate surface area is 75.8 Å². The van der Waals surface area contributed by atoms with Crippen molar-refractivity contribution in [2.75, 3.05) is 0 Å². The second-order valence-electron chi connectivity index (χ2n) is 2.57. The van der Waals surface area contributed by atoms with Crippen LogP contribution in [0, 0.1) is 28.5 Å². The van der Waals surface area contributed by atoms with Gasteiger partial charge in [-0.15, -0.1) is 0 Å². The Kier molecular flexibility index (Phi) is 3.00. The SMILES string of the molecule is N#CCC(C#N)c1ccccc1F. The Morgan fingerprint density at radius 1 is 1.31 bits per heavy atom. The molecule has 0 saturated carbocycles. The molecule has 0 amide bonds. The lowest BCUT2D eigenvalue weighted by Gasteiger charge is -2.04. The predicted molar refractivity (Wildman–Crippen MR) is 45.0 cm³/mol. The summed E-state index contributed by atoms with van der Waals surface area (Å²) in [6.45, 7) is 0. The van der Waals surface area contributed by atoms with Crippen molar-refractivity contribution in [3.63, 3.8) is 0 Å². The van der Waals surface area contributed by atoms with Crippen LogP contribution in [0.25, 0.3) is 0 Å². The quantitative estimate of drug-likeness (QED) is 0.690. The van der Waals surface area contributed by atoms with E-state index in [9.17, 15) is 4.39 Å². The Hall–Kier alpha value is -1.87. The van der Waals surface area contributed by atoms with Crippen LogP contribution >= 0.6 is 0 Å². The van der Waals surface area contributed by atoms with E-state index in [-0.39, 0.29) is 6.42 Å². The van der Waals surface area contributed by atoms with Gasteiger partial charge < -0.3 is 0 Å². The number of rotatable bonds is 2. The second kappa shape index (κ2) is 4.23. The molecular weight excluding hydrogens is 167 g/mol. The fourth-order valence-corrected chi connectivity index (χ4v) is 1.07. The van der Waals surface area contributed by atoms with Crippen LogP contribution < -0.4 is 0 Å². The molecule has 3 heteroatoms. The van der Waals surface area contributed by atoms with E-state index in [4.69, 9.17) is 10.5 Å². The topological polar surface area (TPSA) is 47.6 Å². The first-order chi connectivity index (χ1) is 6.29. The summed E-state index contributed by atoms with van der Waals surface area (Å²) in [4.78, 5) is 0. The number of benzene rings is 1. The summed E-state index contributed by atoms with van der Waals surface area (Å²) in [5.74, 6) is -1.09. The van der Waals surface area contributed by atoms with Gasteiger partial charge in [0.1, 0.15) is 5.82 Å². The Balaban J connectivity index is 3.01. The summed E-state index contributed by atoms with van der Waals surface area (Å²) in [7, 11) is 0. The molecule has 0 bridgehead atoms. The standard InChI is InChI=1S/C10H7FN2/c11-10-4-2-1-3-9(10)8(7-13)5-6-12/h1-4,8H,5H2. The molecule has 0 aliphatic heterocycles. The largest absolute Gasteiger partial charge is 0.207 e. The third-order valence-electron chi connectivity index (χ3n) is 1.73. The molecule has 1 rings (SSSR count). The zero-order valence-corrected chi connectivity index (χ0v) is 6.87. The summed E-state index contributed by atoms with van der Waals surface area (Å²) in [5.41, 5.74) is 0.298. The molecule has 1 aromatic carbocycles. The smallest absolute Gasteiger partial charge is 0.127 e. The molecule has 64 valence electrons. The molecule has 0 spiro atoms. The zero-order chi connectivity index (χ0) is 9.68. The normalized spacial score (nSPS) is 11.3. The van der Waals surface area contributed by atoms with E-state index in [2.05, 4.69) is 0 Å². The predicted octanol–water partition coefficient (Wildman–Crippen LogP) is 2.35. The maximum atomic E-state index is 13.1. The number of halogens is 1. The van der Waals surface area contributed by atoms with Crippen molar-refractivity contribution in [3.05, 3.63) is 35.6 Å². The van der Waals surface area contributed by atoms with Crippen molar-refractivity contribution < 1.29 is 4.39 Å². The summed E-state index contributed by atoms with van der Waals surface area (Å²) < 4.78 is 13.1. The number of nitriles is 2. The second-order valence-corrected chi connectivity index (χ2v) is 2.57. The molecule has 1 atom stereocenters. The van der Waals surface area contributed by atoms with Gasteiger partial charge in [0.05, 0.1) is 24.5 Å². The van der Waals surface area contributed by atoms with E-state index >= 15 is 0 Å². The van der Waals surface area contributed by atoms with Gasteiger partial charge in [0.2, 0.25) is 0 Å². The summed E-state index contributed by atoms with van der Waals surface area (Å²) in [5, 5.41) is 17.1. The minimum Gasteiger partial charge on any atom is -0.207 e. The van der Waals surface area contributed by atoms with Gasteiger partial charge in [-0.25, -0.2) is 4.39 Å². The third-order valence-corrected chi connectivity index (χ3v) is 1.73. The van der Waals surface area contributed by atoms with Crippen molar-refractivity contribution in [1.29, 1.82) is 10.5 Å². The molecule has 13 heavy (non-hydrogen) atoms. The van der Waals surface area contributed by atoms with Gasteiger partial charge in [0.15, 0.2) is 0 Å². The van der Waals surface area contributed by atoms with Gasteiger partial charge in [0.25, 0.3) is 0 Å². The highest BCUT2D eigenvalue weighted by Gasteiger charge is 2.13. The van der Waals surface area contributed by atoms with Gasteiger partial charge in [-0.1, -0.05) is 18.2 Å². The fraction of sp³-hybridized carbons (Fsp3) is 0.200. The molecule has 0 aromatic heterocycles. The lowest BCUT2D eigenvalue weighted by molar-refractivity contribution is 0.602. The highest BCUT2D eigenvalue weighted by molar-refractivity contribution is 5.27. The highest BCUT2D eigenvalue weighted by atomic mass is 19.1. The number of nitrogens with zero attached hydrogens (tertiary/aromatic N) is 2. The average molecular weight is 174 g/mol. The zero-order valence-electron chi connectivity index (χ0n) is 6.87. The van der Waals surface area contributed by atoms with Crippen LogP contribution in [0.3, 0.4) is 0 Å². The van der Waals surface area contributed by atoms with Crippen LogP contribution in [0.15, 0.2) is 24.3 Å². The molecule has 0 saturated heterocycles. The molecule has 1 unspecified atom stereocenters. The van der Waals surface area contributed by atoms with Gasteiger partial charge in [0, 0.05) is 5.56 Å². The Bertz CT molecular complexity index is 373. The molecule has 0 fully saturated rings. The van der Waals surface area contributed by atoms with Crippen molar-refractivity contribution in [2.45, 2.75) is 12.3 Å². The molecule has 0 radical (unpaired) electrons. The molecule has 0 heterocycles. The van der Waals surface area contributed by atoms with Crippen LogP contribution in [-0.4, -0.2) is 0 Å². The first kappa shape index (κ1) is 9.22. The lowest BCUT2D eigenvalue weighted by Crippen LogP contribution is -1.97. The lowest BCUT2D eigenvalue weighted by atomic mass is 9.97. The van der Waals surface area contributed by atoms with Crippen LogP contribution in [0.1, 0.15) is 17.9 Å². The molecular formula is C10H7FN2. The summed E-state index contributed by atoms with van der Waals surface area (Å²) in [6.07, 6.45) is 0.0252. The summed E-state index contributed by atoms with van der Waals surface area (Å²) >= 11 is 0. The van der Waals surface area contributed by atoms with E-state index in [0.717, 1.165) is 0 Å². The molecule has 0 aliphatic carbocycles. The van der Waals surface area contributed by atoms with E-state index in [1.165, 1.54) is 12.1 Å². The average Bonchev–Trinajstić information content (AvgIpc) is 2.16. The van der Waals surface area contributed by atoms with Gasteiger partial charge in [-0.05, 0) is 6.07 Å². The highest BCUT2D eigenvalue weighted by Crippen LogP contribution is 2.20. The van der Waals surface area contributed by atoms with Gasteiger partial charge in [-0.2, -0.15) is 10.5 Å². The fourth-order valence-electron chi connectivity index (χ4n) is 1.07. The van der Waals surface area contributed by atoms with E-state index in [1.807, 2.05) is 12.1 Å². The molecule has 0 aliphatic rings.